The molecular formula is C13H14ClN3O3. The van der Waals surface area contributed by atoms with Crippen molar-refractivity contribution in [2.75, 3.05) is 5.32 Å². The van der Waals surface area contributed by atoms with Gasteiger partial charge in [-0.05, 0) is 24.1 Å². The third kappa shape index (κ3) is 3.55. The molecule has 0 saturated carbocycles. The Morgan fingerprint density at radius 1 is 1.40 bits per heavy atom. The summed E-state index contributed by atoms with van der Waals surface area (Å²) in [5.41, 5.74) is 1.40. The van der Waals surface area contributed by atoms with Gasteiger partial charge in [0.25, 0.3) is 0 Å². The minimum Gasteiger partial charge on any atom is -0.328 e. The van der Waals surface area contributed by atoms with Crippen LogP contribution in [0.15, 0.2) is 18.2 Å². The summed E-state index contributed by atoms with van der Waals surface area (Å²) in [6, 6.07) is 4.70. The molecule has 1 fully saturated rings. The van der Waals surface area contributed by atoms with Gasteiger partial charge in [0.1, 0.15) is 0 Å². The number of amides is 3. The first kappa shape index (κ1) is 14.5. The second-order valence-electron chi connectivity index (χ2n) is 4.45. The van der Waals surface area contributed by atoms with E-state index in [1.807, 2.05) is 0 Å². The summed E-state index contributed by atoms with van der Waals surface area (Å²) in [7, 11) is 0. The molecule has 7 heteroatoms. The number of carbonyl (C=O) groups excluding carboxylic acids is 3. The lowest BCUT2D eigenvalue weighted by Gasteiger charge is -2.22. The number of carbonyl (C=O) groups is 3. The number of anilines is 1. The van der Waals surface area contributed by atoms with Crippen molar-refractivity contribution in [1.29, 1.82) is 0 Å². The highest BCUT2D eigenvalue weighted by atomic mass is 35.5. The van der Waals surface area contributed by atoms with Crippen LogP contribution >= 0.6 is 11.6 Å². The maximum absolute atomic E-state index is 11.6. The molecule has 1 aliphatic rings. The zero-order valence-corrected chi connectivity index (χ0v) is 11.4. The Morgan fingerprint density at radius 2 is 2.20 bits per heavy atom. The first-order valence-corrected chi connectivity index (χ1v) is 6.53. The molecule has 0 aromatic heterocycles. The molecule has 1 aromatic carbocycles. The number of imide groups is 1. The number of nitrogens with one attached hydrogen (secondary N) is 3. The number of halogens is 1. The van der Waals surface area contributed by atoms with Crippen LogP contribution in [0.1, 0.15) is 18.4 Å². The van der Waals surface area contributed by atoms with E-state index in [0.717, 1.165) is 5.56 Å². The topological polar surface area (TPSA) is 87.3 Å². The monoisotopic (exact) mass is 295 g/mol. The predicted octanol–water partition coefficient (Wildman–Crippen LogP) is 0.803. The van der Waals surface area contributed by atoms with Gasteiger partial charge < -0.3 is 10.6 Å². The smallest absolute Gasteiger partial charge is 0.243 e. The van der Waals surface area contributed by atoms with Crippen LogP contribution in [0.25, 0.3) is 0 Å². The third-order valence-electron chi connectivity index (χ3n) is 3.06. The van der Waals surface area contributed by atoms with Crippen LogP contribution in [0.3, 0.4) is 0 Å². The molecule has 0 bridgehead atoms. The second kappa shape index (κ2) is 6.49. The van der Waals surface area contributed by atoms with E-state index < -0.39 is 6.04 Å². The van der Waals surface area contributed by atoms with Crippen LogP contribution in [0, 0.1) is 0 Å². The van der Waals surface area contributed by atoms with E-state index >= 15 is 0 Å². The molecule has 1 heterocycles. The zero-order chi connectivity index (χ0) is 14.5. The highest BCUT2D eigenvalue weighted by molar-refractivity contribution is 6.30. The minimum absolute atomic E-state index is 0.247. The largest absolute Gasteiger partial charge is 0.328 e. The SMILES string of the molecule is O=CNc1cc(Cl)ccc1CNC1CCC(=O)NC1=O. The molecule has 0 spiro atoms. The summed E-state index contributed by atoms with van der Waals surface area (Å²) in [5, 5.41) is 8.42. The average molecular weight is 296 g/mol. The van der Waals surface area contributed by atoms with Crippen molar-refractivity contribution in [3.8, 4) is 0 Å². The number of rotatable bonds is 5. The van der Waals surface area contributed by atoms with Crippen LogP contribution in [0.4, 0.5) is 5.69 Å². The maximum Gasteiger partial charge on any atom is 0.243 e. The van der Waals surface area contributed by atoms with E-state index in [1.165, 1.54) is 0 Å². The van der Waals surface area contributed by atoms with Crippen LogP contribution in [-0.4, -0.2) is 24.3 Å². The van der Waals surface area contributed by atoms with E-state index in [2.05, 4.69) is 16.0 Å². The lowest BCUT2D eigenvalue weighted by atomic mass is 10.1. The van der Waals surface area contributed by atoms with E-state index in [9.17, 15) is 14.4 Å². The van der Waals surface area contributed by atoms with E-state index in [-0.39, 0.29) is 11.8 Å². The molecule has 0 radical (unpaired) electrons. The van der Waals surface area contributed by atoms with Crippen LogP contribution in [0.2, 0.25) is 5.02 Å². The van der Waals surface area contributed by atoms with Gasteiger partial charge in [-0.25, -0.2) is 0 Å². The molecule has 106 valence electrons. The molecule has 6 nitrogen and oxygen atoms in total. The molecule has 3 amide bonds. The molecular weight excluding hydrogens is 282 g/mol. The standard InChI is InChI=1S/C13H14ClN3O3/c14-9-2-1-8(11(5-9)16-7-18)6-15-10-3-4-12(19)17-13(10)20/h1-2,5,7,10,15H,3-4,6H2,(H,16,18)(H,17,19,20). The highest BCUT2D eigenvalue weighted by Crippen LogP contribution is 2.21. The Bertz CT molecular complexity index is 548. The molecule has 1 atom stereocenters. The Morgan fingerprint density at radius 3 is 2.90 bits per heavy atom. The second-order valence-corrected chi connectivity index (χ2v) is 4.88. The van der Waals surface area contributed by atoms with Crippen LogP contribution in [0.5, 0.6) is 0 Å². The lowest BCUT2D eigenvalue weighted by molar-refractivity contribution is -0.134. The zero-order valence-electron chi connectivity index (χ0n) is 10.6. The van der Waals surface area contributed by atoms with E-state index in [0.29, 0.717) is 36.5 Å². The maximum atomic E-state index is 11.6. The molecule has 1 aromatic rings. The highest BCUT2D eigenvalue weighted by Gasteiger charge is 2.25. The fourth-order valence-corrected chi connectivity index (χ4v) is 2.19. The number of benzene rings is 1. The lowest BCUT2D eigenvalue weighted by Crippen LogP contribution is -2.50. The fourth-order valence-electron chi connectivity index (χ4n) is 2.02. The Balaban J connectivity index is 2.01. The van der Waals surface area contributed by atoms with Gasteiger partial charge >= 0.3 is 0 Å². The molecule has 2 rings (SSSR count). The van der Waals surface area contributed by atoms with Gasteiger partial charge in [0, 0.05) is 23.7 Å². The van der Waals surface area contributed by atoms with Crippen molar-refractivity contribution < 1.29 is 14.4 Å². The van der Waals surface area contributed by atoms with Crippen molar-refractivity contribution >= 4 is 35.5 Å². The van der Waals surface area contributed by atoms with Gasteiger partial charge in [-0.1, -0.05) is 17.7 Å². The summed E-state index contributed by atoms with van der Waals surface area (Å²) in [4.78, 5) is 33.2. The Kier molecular flexibility index (Phi) is 4.70. The molecule has 1 aliphatic heterocycles. The Labute approximate surface area is 120 Å². The molecule has 20 heavy (non-hydrogen) atoms. The molecule has 1 saturated heterocycles. The van der Waals surface area contributed by atoms with E-state index in [4.69, 9.17) is 11.6 Å². The summed E-state index contributed by atoms with van der Waals surface area (Å²) < 4.78 is 0. The van der Waals surface area contributed by atoms with Gasteiger partial charge in [0.05, 0.1) is 6.04 Å². The van der Waals surface area contributed by atoms with Gasteiger partial charge in [0.15, 0.2) is 0 Å². The molecule has 0 aliphatic carbocycles. The number of hydrogen-bond acceptors (Lipinski definition) is 4. The first-order chi connectivity index (χ1) is 9.60. The summed E-state index contributed by atoms with van der Waals surface area (Å²) in [6.07, 6.45) is 1.36. The third-order valence-corrected chi connectivity index (χ3v) is 3.30. The van der Waals surface area contributed by atoms with Crippen molar-refractivity contribution in [3.05, 3.63) is 28.8 Å². The molecule has 1 unspecified atom stereocenters. The van der Waals surface area contributed by atoms with E-state index in [1.54, 1.807) is 18.2 Å². The van der Waals surface area contributed by atoms with Crippen molar-refractivity contribution in [2.45, 2.75) is 25.4 Å². The molecule has 3 N–H and O–H groups in total. The fraction of sp³-hybridized carbons (Fsp3) is 0.308. The average Bonchev–Trinajstić information content (AvgIpc) is 2.40. The van der Waals surface area contributed by atoms with Crippen LogP contribution < -0.4 is 16.0 Å². The first-order valence-electron chi connectivity index (χ1n) is 6.16. The van der Waals surface area contributed by atoms with Gasteiger partial charge in [0.2, 0.25) is 18.2 Å². The predicted molar refractivity (Wildman–Crippen MR) is 74.2 cm³/mol. The van der Waals surface area contributed by atoms with Gasteiger partial charge in [-0.2, -0.15) is 0 Å². The minimum atomic E-state index is -0.410. The Hall–Kier alpha value is -1.92. The summed E-state index contributed by atoms with van der Waals surface area (Å²) in [6.45, 7) is 0.389. The van der Waals surface area contributed by atoms with Crippen LogP contribution in [-0.2, 0) is 20.9 Å². The van der Waals surface area contributed by atoms with Crippen molar-refractivity contribution in [2.24, 2.45) is 0 Å². The van der Waals surface area contributed by atoms with Gasteiger partial charge in [-0.3, -0.25) is 19.7 Å². The van der Waals surface area contributed by atoms with Crippen molar-refractivity contribution in [1.82, 2.24) is 10.6 Å². The number of piperidine rings is 1. The normalized spacial score (nSPS) is 18.6. The van der Waals surface area contributed by atoms with Crippen molar-refractivity contribution in [3.63, 3.8) is 0 Å². The number of hydrogen-bond donors (Lipinski definition) is 3. The summed E-state index contributed by atoms with van der Waals surface area (Å²) in [5.74, 6) is -0.567. The quantitative estimate of drug-likeness (QED) is 0.554. The summed E-state index contributed by atoms with van der Waals surface area (Å²) >= 11 is 5.86. The van der Waals surface area contributed by atoms with Gasteiger partial charge in [-0.15, -0.1) is 0 Å².